The Morgan fingerprint density at radius 3 is 2.11 bits per heavy atom. The number of nitrogens with one attached hydrogen (secondary N) is 1. The first-order chi connectivity index (χ1) is 8.75. The molecule has 1 rings (SSSR count). The summed E-state index contributed by atoms with van der Waals surface area (Å²) in [6, 6.07) is 1.77. The molecule has 0 heterocycles. The van der Waals surface area contributed by atoms with Gasteiger partial charge in [-0.25, -0.2) is 4.79 Å². The molecule has 19 heavy (non-hydrogen) atoms. The minimum absolute atomic E-state index is 0.132. The average Bonchev–Trinajstić information content (AvgIpc) is 2.34. The van der Waals surface area contributed by atoms with Gasteiger partial charge in [0.15, 0.2) is 6.04 Å². The van der Waals surface area contributed by atoms with Crippen LogP contribution in [0.1, 0.15) is 15.9 Å². The number of carbonyl (C=O) groups is 2. The first kappa shape index (κ1) is 15.0. The second-order valence-electron chi connectivity index (χ2n) is 3.62. The predicted molar refractivity (Wildman–Crippen MR) is 57.4 cm³/mol. The van der Waals surface area contributed by atoms with Crippen molar-refractivity contribution >= 4 is 11.9 Å². The van der Waals surface area contributed by atoms with Gasteiger partial charge in [-0.3, -0.25) is 4.79 Å². The average molecular weight is 277 g/mol. The molecule has 0 unspecified atom stereocenters. The number of halogens is 3. The van der Waals surface area contributed by atoms with E-state index in [4.69, 9.17) is 10.2 Å². The summed E-state index contributed by atoms with van der Waals surface area (Å²) in [6.45, 7) is -0.818. The first-order valence-corrected chi connectivity index (χ1v) is 5.07. The lowest BCUT2D eigenvalue weighted by atomic mass is 10.1. The van der Waals surface area contributed by atoms with Crippen LogP contribution in [0.5, 0.6) is 0 Å². The largest absolute Gasteiger partial charge is 0.480 e. The molecule has 0 aliphatic carbocycles. The van der Waals surface area contributed by atoms with E-state index in [-0.39, 0.29) is 5.56 Å². The van der Waals surface area contributed by atoms with Gasteiger partial charge < -0.3 is 15.5 Å². The number of aliphatic hydroxyl groups is 1. The van der Waals surface area contributed by atoms with E-state index in [9.17, 15) is 22.8 Å². The molecule has 8 heteroatoms. The van der Waals surface area contributed by atoms with Crippen LogP contribution in [0.3, 0.4) is 0 Å². The van der Waals surface area contributed by atoms with Gasteiger partial charge >= 0.3 is 12.1 Å². The molecule has 1 aromatic rings. The van der Waals surface area contributed by atoms with Crippen LogP contribution in [0.25, 0.3) is 0 Å². The maximum absolute atomic E-state index is 12.3. The number of benzene rings is 1. The van der Waals surface area contributed by atoms with Gasteiger partial charge in [-0.2, -0.15) is 13.2 Å². The molecule has 0 spiro atoms. The number of aliphatic carboxylic acids is 1. The number of amides is 1. The van der Waals surface area contributed by atoms with E-state index in [1.54, 1.807) is 0 Å². The fourth-order valence-electron chi connectivity index (χ4n) is 1.24. The normalized spacial score (nSPS) is 12.8. The van der Waals surface area contributed by atoms with Crippen LogP contribution in [-0.4, -0.2) is 34.7 Å². The topological polar surface area (TPSA) is 86.6 Å². The Morgan fingerprint density at radius 2 is 1.74 bits per heavy atom. The highest BCUT2D eigenvalue weighted by Crippen LogP contribution is 2.29. The van der Waals surface area contributed by atoms with Gasteiger partial charge in [-0.15, -0.1) is 0 Å². The predicted octanol–water partition coefficient (Wildman–Crippen LogP) is 0.881. The Morgan fingerprint density at radius 1 is 1.21 bits per heavy atom. The molecule has 0 saturated heterocycles. The number of carbonyl (C=O) groups excluding carboxylic acids is 1. The molecule has 0 radical (unpaired) electrons. The van der Waals surface area contributed by atoms with E-state index < -0.39 is 36.3 Å². The summed E-state index contributed by atoms with van der Waals surface area (Å²) in [5.41, 5.74) is -1.05. The Labute approximate surface area is 105 Å². The van der Waals surface area contributed by atoms with Gasteiger partial charge in [0.1, 0.15) is 0 Å². The van der Waals surface area contributed by atoms with Crippen molar-refractivity contribution in [2.45, 2.75) is 12.2 Å². The van der Waals surface area contributed by atoms with Crippen LogP contribution in [0.2, 0.25) is 0 Å². The zero-order chi connectivity index (χ0) is 14.6. The van der Waals surface area contributed by atoms with Crippen molar-refractivity contribution in [1.82, 2.24) is 5.32 Å². The Balaban J connectivity index is 2.81. The lowest BCUT2D eigenvalue weighted by Gasteiger charge is -2.12. The molecule has 0 bridgehead atoms. The van der Waals surface area contributed by atoms with Crippen LogP contribution in [0.15, 0.2) is 24.3 Å². The van der Waals surface area contributed by atoms with E-state index in [0.29, 0.717) is 12.1 Å². The molecule has 1 amide bonds. The molecule has 0 fully saturated rings. The fraction of sp³-hybridized carbons (Fsp3) is 0.273. The van der Waals surface area contributed by atoms with Crippen LogP contribution in [0.4, 0.5) is 13.2 Å². The van der Waals surface area contributed by atoms with Crippen molar-refractivity contribution in [2.75, 3.05) is 6.61 Å². The quantitative estimate of drug-likeness (QED) is 0.762. The fourth-order valence-corrected chi connectivity index (χ4v) is 1.24. The molecule has 0 saturated carbocycles. The second kappa shape index (κ2) is 5.70. The van der Waals surface area contributed by atoms with Crippen molar-refractivity contribution in [3.05, 3.63) is 35.4 Å². The van der Waals surface area contributed by atoms with Gasteiger partial charge in [-0.1, -0.05) is 0 Å². The van der Waals surface area contributed by atoms with Crippen LogP contribution >= 0.6 is 0 Å². The molecule has 0 aliphatic rings. The lowest BCUT2D eigenvalue weighted by molar-refractivity contribution is -0.140. The smallest absolute Gasteiger partial charge is 0.416 e. The van der Waals surface area contributed by atoms with E-state index in [1.807, 2.05) is 5.32 Å². The van der Waals surface area contributed by atoms with Gasteiger partial charge in [0.05, 0.1) is 12.2 Å². The number of hydrogen-bond acceptors (Lipinski definition) is 3. The number of carboxylic acids is 1. The molecular formula is C11H10F3NO4. The Kier molecular flexibility index (Phi) is 4.49. The van der Waals surface area contributed by atoms with Crippen molar-refractivity contribution in [3.8, 4) is 0 Å². The van der Waals surface area contributed by atoms with E-state index in [1.165, 1.54) is 0 Å². The zero-order valence-electron chi connectivity index (χ0n) is 9.44. The summed E-state index contributed by atoms with van der Waals surface area (Å²) >= 11 is 0. The van der Waals surface area contributed by atoms with E-state index >= 15 is 0 Å². The maximum atomic E-state index is 12.3. The van der Waals surface area contributed by atoms with Gasteiger partial charge in [0.25, 0.3) is 5.91 Å². The van der Waals surface area contributed by atoms with Crippen molar-refractivity contribution in [3.63, 3.8) is 0 Å². The summed E-state index contributed by atoms with van der Waals surface area (Å²) in [6.07, 6.45) is -4.51. The molecule has 1 aromatic carbocycles. The van der Waals surface area contributed by atoms with Crippen LogP contribution < -0.4 is 5.32 Å². The molecular weight excluding hydrogens is 267 g/mol. The molecule has 0 aliphatic heterocycles. The minimum atomic E-state index is -4.51. The van der Waals surface area contributed by atoms with Gasteiger partial charge in [0.2, 0.25) is 0 Å². The minimum Gasteiger partial charge on any atom is -0.480 e. The Hall–Kier alpha value is -2.09. The number of aliphatic hydroxyl groups excluding tert-OH is 1. The van der Waals surface area contributed by atoms with E-state index in [2.05, 4.69) is 0 Å². The van der Waals surface area contributed by atoms with Crippen LogP contribution in [-0.2, 0) is 11.0 Å². The summed E-state index contributed by atoms with van der Waals surface area (Å²) in [5, 5.41) is 19.3. The van der Waals surface area contributed by atoms with Crippen molar-refractivity contribution in [2.24, 2.45) is 0 Å². The summed E-state index contributed by atoms with van der Waals surface area (Å²) in [7, 11) is 0. The highest BCUT2D eigenvalue weighted by Gasteiger charge is 2.30. The third-order valence-electron chi connectivity index (χ3n) is 2.26. The SMILES string of the molecule is O=C(N[C@@H](CO)C(=O)O)c1ccc(C(F)(F)F)cc1. The number of carboxylic acid groups (broad SMARTS) is 1. The highest BCUT2D eigenvalue weighted by atomic mass is 19.4. The Bertz CT molecular complexity index is 470. The molecule has 1 atom stereocenters. The summed E-state index contributed by atoms with van der Waals surface area (Å²) in [4.78, 5) is 22.1. The molecule has 104 valence electrons. The number of alkyl halides is 3. The van der Waals surface area contributed by atoms with Gasteiger partial charge in [0, 0.05) is 5.56 Å². The summed E-state index contributed by atoms with van der Waals surface area (Å²) in [5.74, 6) is -2.32. The number of rotatable bonds is 4. The monoisotopic (exact) mass is 277 g/mol. The highest BCUT2D eigenvalue weighted by molar-refractivity contribution is 5.96. The lowest BCUT2D eigenvalue weighted by Crippen LogP contribution is -2.43. The third kappa shape index (κ3) is 3.95. The maximum Gasteiger partial charge on any atom is 0.416 e. The van der Waals surface area contributed by atoms with Gasteiger partial charge in [-0.05, 0) is 24.3 Å². The second-order valence-corrected chi connectivity index (χ2v) is 3.62. The summed E-state index contributed by atoms with van der Waals surface area (Å²) < 4.78 is 36.8. The molecule has 0 aromatic heterocycles. The zero-order valence-corrected chi connectivity index (χ0v) is 9.44. The van der Waals surface area contributed by atoms with Crippen molar-refractivity contribution in [1.29, 1.82) is 0 Å². The standard InChI is InChI=1S/C11H10F3NO4/c12-11(13,14)7-3-1-6(2-4-7)9(17)15-8(5-16)10(18)19/h1-4,8,16H,5H2,(H,15,17)(H,18,19)/t8-/m0/s1. The third-order valence-corrected chi connectivity index (χ3v) is 2.26. The first-order valence-electron chi connectivity index (χ1n) is 5.07. The molecule has 5 nitrogen and oxygen atoms in total. The van der Waals surface area contributed by atoms with Crippen LogP contribution in [0, 0.1) is 0 Å². The number of hydrogen-bond donors (Lipinski definition) is 3. The molecule has 3 N–H and O–H groups in total. The van der Waals surface area contributed by atoms with Crippen molar-refractivity contribution < 1.29 is 33.0 Å². The van der Waals surface area contributed by atoms with E-state index in [0.717, 1.165) is 12.1 Å².